The first kappa shape index (κ1) is 23.2. The van der Waals surface area contributed by atoms with E-state index in [0.29, 0.717) is 12.1 Å². The molecule has 2 heterocycles. The van der Waals surface area contributed by atoms with Gasteiger partial charge in [0, 0.05) is 25.1 Å². The Kier molecular flexibility index (Phi) is 6.78. The first-order chi connectivity index (χ1) is 16.4. The molecular formula is C24H24FN5O4. The molecule has 176 valence electrons. The summed E-state index contributed by atoms with van der Waals surface area (Å²) in [6, 6.07) is 10.4. The number of hydrogen-bond donors (Lipinski definition) is 3. The average molecular weight is 465 g/mol. The molecule has 4 rings (SSSR count). The predicted octanol–water partition coefficient (Wildman–Crippen LogP) is 3.25. The van der Waals surface area contributed by atoms with Gasteiger partial charge in [0.1, 0.15) is 23.5 Å². The second-order valence-corrected chi connectivity index (χ2v) is 8.12. The van der Waals surface area contributed by atoms with Crippen molar-refractivity contribution >= 4 is 28.4 Å². The summed E-state index contributed by atoms with van der Waals surface area (Å²) in [6.07, 6.45) is 3.16. The van der Waals surface area contributed by atoms with E-state index in [-0.39, 0.29) is 48.1 Å². The summed E-state index contributed by atoms with van der Waals surface area (Å²) in [5.41, 5.74) is 5.61. The monoisotopic (exact) mass is 465 g/mol. The number of pyridine rings is 2. The van der Waals surface area contributed by atoms with Crippen LogP contribution in [-0.4, -0.2) is 38.6 Å². The standard InChI is InChI=1S/C24H24FN5O4/c25-19-11-17-22(31)18(24(32)33)12-30(16-6-7-16)23(17)28-21(19)20(27)10-15(8-9-26)29-34-13-14-4-2-1-3-5-14/h1-5,11-12,16,27H,6-10,13,26H2,(H,32,33). The number of nitrogens with two attached hydrogens (primary N) is 1. The van der Waals surface area contributed by atoms with E-state index in [1.54, 1.807) is 4.57 Å². The largest absolute Gasteiger partial charge is 0.477 e. The number of hydrogen-bond acceptors (Lipinski definition) is 7. The molecule has 1 saturated carbocycles. The van der Waals surface area contributed by atoms with Crippen LogP contribution in [0.5, 0.6) is 0 Å². The topological polar surface area (TPSA) is 144 Å². The Balaban J connectivity index is 1.63. The Hall–Kier alpha value is -3.92. The van der Waals surface area contributed by atoms with E-state index >= 15 is 0 Å². The Morgan fingerprint density at radius 2 is 2.06 bits per heavy atom. The zero-order chi connectivity index (χ0) is 24.2. The third-order valence-electron chi connectivity index (χ3n) is 5.50. The highest BCUT2D eigenvalue weighted by Gasteiger charge is 2.28. The van der Waals surface area contributed by atoms with E-state index in [4.69, 9.17) is 16.0 Å². The molecule has 2 aromatic heterocycles. The van der Waals surface area contributed by atoms with Crippen LogP contribution in [0.15, 0.2) is 52.5 Å². The maximum absolute atomic E-state index is 14.9. The molecule has 1 fully saturated rings. The number of aromatic nitrogens is 2. The number of carboxylic acids is 1. The Labute approximate surface area is 194 Å². The quantitative estimate of drug-likeness (QED) is 0.310. The maximum Gasteiger partial charge on any atom is 0.341 e. The highest BCUT2D eigenvalue weighted by atomic mass is 19.1. The SMILES string of the molecule is N=C(CC(CCN)=NOCc1ccccc1)c1nc2c(cc1F)c(=O)c(C(=O)O)cn2C1CC1. The summed E-state index contributed by atoms with van der Waals surface area (Å²) in [5, 5.41) is 21.8. The lowest BCUT2D eigenvalue weighted by molar-refractivity contribution is 0.0695. The molecule has 0 aliphatic heterocycles. The molecule has 0 amide bonds. The van der Waals surface area contributed by atoms with Crippen molar-refractivity contribution in [3.63, 3.8) is 0 Å². The third kappa shape index (κ3) is 5.01. The molecule has 0 atom stereocenters. The number of fused-ring (bicyclic) bond motifs is 1. The Bertz CT molecular complexity index is 1330. The minimum Gasteiger partial charge on any atom is -0.477 e. The van der Waals surface area contributed by atoms with E-state index in [9.17, 15) is 19.1 Å². The van der Waals surface area contributed by atoms with E-state index < -0.39 is 22.8 Å². The van der Waals surface area contributed by atoms with Crippen LogP contribution in [0.2, 0.25) is 0 Å². The normalized spacial score (nSPS) is 13.8. The summed E-state index contributed by atoms with van der Waals surface area (Å²) >= 11 is 0. The Morgan fingerprint density at radius 1 is 1.32 bits per heavy atom. The molecular weight excluding hydrogens is 441 g/mol. The minimum absolute atomic E-state index is 0.0121. The molecule has 0 spiro atoms. The van der Waals surface area contributed by atoms with E-state index in [2.05, 4.69) is 10.1 Å². The van der Waals surface area contributed by atoms with Gasteiger partial charge in [-0.15, -0.1) is 0 Å². The van der Waals surface area contributed by atoms with Gasteiger partial charge in [0.15, 0.2) is 5.82 Å². The molecule has 0 bridgehead atoms. The highest BCUT2D eigenvalue weighted by Crippen LogP contribution is 2.36. The first-order valence-corrected chi connectivity index (χ1v) is 10.9. The summed E-state index contributed by atoms with van der Waals surface area (Å²) < 4.78 is 16.5. The summed E-state index contributed by atoms with van der Waals surface area (Å²) in [4.78, 5) is 33.8. The number of carbonyl (C=O) groups is 1. The molecule has 0 radical (unpaired) electrons. The van der Waals surface area contributed by atoms with Crippen molar-refractivity contribution in [1.29, 1.82) is 5.41 Å². The number of rotatable bonds is 10. The molecule has 0 saturated heterocycles. The fourth-order valence-corrected chi connectivity index (χ4v) is 3.64. The van der Waals surface area contributed by atoms with Crippen LogP contribution in [-0.2, 0) is 11.4 Å². The van der Waals surface area contributed by atoms with Crippen LogP contribution >= 0.6 is 0 Å². The van der Waals surface area contributed by atoms with Crippen molar-refractivity contribution in [2.75, 3.05) is 6.54 Å². The van der Waals surface area contributed by atoms with Gasteiger partial charge < -0.3 is 25.7 Å². The number of oxime groups is 1. The van der Waals surface area contributed by atoms with Crippen molar-refractivity contribution in [3.8, 4) is 0 Å². The van der Waals surface area contributed by atoms with Gasteiger partial charge in [-0.25, -0.2) is 14.2 Å². The second kappa shape index (κ2) is 9.92. The smallest absolute Gasteiger partial charge is 0.341 e. The molecule has 4 N–H and O–H groups in total. The van der Waals surface area contributed by atoms with Crippen LogP contribution in [0.1, 0.15) is 53.3 Å². The van der Waals surface area contributed by atoms with Gasteiger partial charge in [0.25, 0.3) is 0 Å². The van der Waals surface area contributed by atoms with Gasteiger partial charge in [-0.1, -0.05) is 35.5 Å². The third-order valence-corrected chi connectivity index (χ3v) is 5.50. The number of halogens is 1. The van der Waals surface area contributed by atoms with Gasteiger partial charge in [0.2, 0.25) is 5.43 Å². The Morgan fingerprint density at radius 3 is 2.71 bits per heavy atom. The van der Waals surface area contributed by atoms with E-state index in [0.717, 1.165) is 24.5 Å². The lowest BCUT2D eigenvalue weighted by Gasteiger charge is -2.13. The van der Waals surface area contributed by atoms with Crippen molar-refractivity contribution in [2.24, 2.45) is 10.9 Å². The number of carboxylic acid groups (broad SMARTS) is 1. The van der Waals surface area contributed by atoms with Crippen molar-refractivity contribution < 1.29 is 19.1 Å². The molecule has 9 nitrogen and oxygen atoms in total. The van der Waals surface area contributed by atoms with Crippen LogP contribution in [0.3, 0.4) is 0 Å². The van der Waals surface area contributed by atoms with Crippen LogP contribution in [0.25, 0.3) is 11.0 Å². The molecule has 1 aromatic carbocycles. The molecule has 34 heavy (non-hydrogen) atoms. The first-order valence-electron chi connectivity index (χ1n) is 10.9. The summed E-state index contributed by atoms with van der Waals surface area (Å²) in [6.45, 7) is 0.512. The highest BCUT2D eigenvalue weighted by molar-refractivity contribution is 6.10. The van der Waals surface area contributed by atoms with Gasteiger partial charge in [-0.3, -0.25) is 4.79 Å². The lowest BCUT2D eigenvalue weighted by Crippen LogP contribution is -2.21. The zero-order valence-corrected chi connectivity index (χ0v) is 18.3. The molecule has 10 heteroatoms. The second-order valence-electron chi connectivity index (χ2n) is 8.12. The molecule has 1 aliphatic rings. The van der Waals surface area contributed by atoms with Gasteiger partial charge in [-0.2, -0.15) is 0 Å². The molecule has 1 aliphatic carbocycles. The molecule has 0 unspecified atom stereocenters. The van der Waals surface area contributed by atoms with E-state index in [1.165, 1.54) is 6.20 Å². The number of nitrogens with zero attached hydrogens (tertiary/aromatic N) is 3. The van der Waals surface area contributed by atoms with Crippen molar-refractivity contribution in [1.82, 2.24) is 9.55 Å². The molecule has 3 aromatic rings. The van der Waals surface area contributed by atoms with Crippen molar-refractivity contribution in [2.45, 2.75) is 38.3 Å². The van der Waals surface area contributed by atoms with E-state index in [1.807, 2.05) is 30.3 Å². The number of aromatic carboxylic acids is 1. The number of nitrogens with one attached hydrogen (secondary N) is 1. The maximum atomic E-state index is 14.9. The van der Waals surface area contributed by atoms with Crippen molar-refractivity contribution in [3.05, 3.63) is 75.5 Å². The van der Waals surface area contributed by atoms with Gasteiger partial charge in [-0.05, 0) is 31.0 Å². The minimum atomic E-state index is -1.38. The zero-order valence-electron chi connectivity index (χ0n) is 18.3. The summed E-state index contributed by atoms with van der Waals surface area (Å²) in [5.74, 6) is -2.26. The van der Waals surface area contributed by atoms with Crippen LogP contribution in [0.4, 0.5) is 4.39 Å². The fourth-order valence-electron chi connectivity index (χ4n) is 3.64. The predicted molar refractivity (Wildman–Crippen MR) is 125 cm³/mol. The van der Waals surface area contributed by atoms with Crippen LogP contribution in [0, 0.1) is 11.2 Å². The fraction of sp³-hybridized carbons (Fsp3) is 0.292. The van der Waals surface area contributed by atoms with Gasteiger partial charge in [0.05, 0.1) is 16.8 Å². The van der Waals surface area contributed by atoms with Gasteiger partial charge >= 0.3 is 5.97 Å². The lowest BCUT2D eigenvalue weighted by atomic mass is 10.1. The average Bonchev–Trinajstić information content (AvgIpc) is 3.65. The number of benzene rings is 1. The van der Waals surface area contributed by atoms with Crippen LogP contribution < -0.4 is 11.2 Å². The summed E-state index contributed by atoms with van der Waals surface area (Å²) in [7, 11) is 0.